The van der Waals surface area contributed by atoms with Gasteiger partial charge in [0.25, 0.3) is 5.91 Å². The molecule has 0 aliphatic rings. The minimum Gasteiger partial charge on any atom is -0.384 e. The first-order chi connectivity index (χ1) is 10.2. The van der Waals surface area contributed by atoms with Gasteiger partial charge in [-0.1, -0.05) is 30.9 Å². The molecule has 1 aromatic carbocycles. The molecule has 0 radical (unpaired) electrons. The maximum Gasteiger partial charge on any atom is 0.256 e. The number of hydrogen-bond acceptors (Lipinski definition) is 3. The summed E-state index contributed by atoms with van der Waals surface area (Å²) in [6.07, 6.45) is 2.51. The van der Waals surface area contributed by atoms with Crippen LogP contribution in [0.15, 0.2) is 42.6 Å². The summed E-state index contributed by atoms with van der Waals surface area (Å²) in [6.45, 7) is 1.87. The van der Waals surface area contributed by atoms with Gasteiger partial charge in [0.05, 0.1) is 0 Å². The van der Waals surface area contributed by atoms with E-state index in [2.05, 4.69) is 29.1 Å². The molecule has 0 atom stereocenters. The first-order valence-electron chi connectivity index (χ1n) is 6.69. The van der Waals surface area contributed by atoms with E-state index in [1.807, 2.05) is 12.1 Å². The normalized spacial score (nSPS) is 9.62. The number of benzene rings is 1. The molecule has 0 aliphatic heterocycles. The third kappa shape index (κ3) is 4.16. The summed E-state index contributed by atoms with van der Waals surface area (Å²) < 4.78 is 0. The van der Waals surface area contributed by atoms with Crippen LogP contribution in [-0.4, -0.2) is 22.6 Å². The van der Waals surface area contributed by atoms with E-state index >= 15 is 0 Å². The van der Waals surface area contributed by atoms with E-state index in [1.54, 1.807) is 30.5 Å². The fraction of sp³-hybridized carbons (Fsp3) is 0.176. The quantitative estimate of drug-likeness (QED) is 0.848. The van der Waals surface area contributed by atoms with Gasteiger partial charge in [0, 0.05) is 17.3 Å². The Hall–Kier alpha value is -2.64. The van der Waals surface area contributed by atoms with Crippen LogP contribution >= 0.6 is 0 Å². The Labute approximate surface area is 123 Å². The maximum absolute atomic E-state index is 12.1. The Morgan fingerprint density at radius 1 is 1.29 bits per heavy atom. The number of pyridine rings is 1. The zero-order chi connectivity index (χ0) is 15.1. The highest BCUT2D eigenvalue weighted by Gasteiger charge is 2.06. The number of carbonyl (C=O) groups is 1. The van der Waals surface area contributed by atoms with Crippen LogP contribution in [0.1, 0.15) is 28.4 Å². The predicted octanol–water partition coefficient (Wildman–Crippen LogP) is 2.24. The average Bonchev–Trinajstić information content (AvgIpc) is 2.53. The van der Waals surface area contributed by atoms with E-state index in [9.17, 15) is 4.79 Å². The lowest BCUT2D eigenvalue weighted by Crippen LogP contribution is -2.13. The van der Waals surface area contributed by atoms with E-state index in [-0.39, 0.29) is 12.5 Å². The lowest BCUT2D eigenvalue weighted by atomic mass is 10.1. The largest absolute Gasteiger partial charge is 0.384 e. The second kappa shape index (κ2) is 7.22. The number of amides is 1. The molecule has 2 N–H and O–H groups in total. The summed E-state index contributed by atoms with van der Waals surface area (Å²) in [6, 6.07) is 10.8. The van der Waals surface area contributed by atoms with Crippen molar-refractivity contribution in [2.45, 2.75) is 13.3 Å². The van der Waals surface area contributed by atoms with Gasteiger partial charge >= 0.3 is 0 Å². The number of hydrogen-bond donors (Lipinski definition) is 2. The van der Waals surface area contributed by atoms with E-state index in [0.29, 0.717) is 16.9 Å². The standard InChI is InChI=1S/C17H16N2O2/c1-2-13-5-7-15(8-6-13)17(21)19-16-12-14(4-3-11-20)9-10-18-16/h5-10,12,20H,2,11H2,1H3,(H,18,19,21). The minimum atomic E-state index is -0.211. The molecule has 0 unspecified atom stereocenters. The lowest BCUT2D eigenvalue weighted by molar-refractivity contribution is 0.102. The molecule has 0 bridgehead atoms. The van der Waals surface area contributed by atoms with Gasteiger partial charge in [-0.3, -0.25) is 4.79 Å². The maximum atomic E-state index is 12.1. The van der Waals surface area contributed by atoms with Crippen LogP contribution in [0.4, 0.5) is 5.82 Å². The molecule has 0 spiro atoms. The van der Waals surface area contributed by atoms with Gasteiger partial charge in [-0.15, -0.1) is 0 Å². The summed E-state index contributed by atoms with van der Waals surface area (Å²) in [5.41, 5.74) is 2.46. The van der Waals surface area contributed by atoms with Crippen molar-refractivity contribution in [3.8, 4) is 11.8 Å². The van der Waals surface area contributed by atoms with Crippen molar-refractivity contribution < 1.29 is 9.90 Å². The molecule has 2 rings (SSSR count). The van der Waals surface area contributed by atoms with Gasteiger partial charge in [0.1, 0.15) is 12.4 Å². The molecule has 0 saturated carbocycles. The van der Waals surface area contributed by atoms with Crippen LogP contribution in [0.3, 0.4) is 0 Å². The number of nitrogens with one attached hydrogen (secondary N) is 1. The highest BCUT2D eigenvalue weighted by atomic mass is 16.2. The second-order valence-corrected chi connectivity index (χ2v) is 4.39. The summed E-state index contributed by atoms with van der Waals surface area (Å²) in [4.78, 5) is 16.2. The van der Waals surface area contributed by atoms with Crippen molar-refractivity contribution in [1.82, 2.24) is 4.98 Å². The Morgan fingerprint density at radius 3 is 2.71 bits per heavy atom. The molecule has 4 heteroatoms. The molecule has 2 aromatic rings. The third-order valence-corrected chi connectivity index (χ3v) is 2.94. The van der Waals surface area contributed by atoms with Gasteiger partial charge in [-0.2, -0.15) is 0 Å². The molecular weight excluding hydrogens is 264 g/mol. The lowest BCUT2D eigenvalue weighted by Gasteiger charge is -2.05. The molecule has 21 heavy (non-hydrogen) atoms. The number of nitrogens with zero attached hydrogens (tertiary/aromatic N) is 1. The number of aryl methyl sites for hydroxylation is 1. The van der Waals surface area contributed by atoms with Crippen LogP contribution in [0, 0.1) is 11.8 Å². The number of anilines is 1. The highest BCUT2D eigenvalue weighted by molar-refractivity contribution is 6.03. The van der Waals surface area contributed by atoms with E-state index in [1.165, 1.54) is 5.56 Å². The third-order valence-electron chi connectivity index (χ3n) is 2.94. The molecule has 1 heterocycles. The summed E-state index contributed by atoms with van der Waals surface area (Å²) in [5.74, 6) is 5.55. The number of aliphatic hydroxyl groups is 1. The number of carbonyl (C=O) groups excluding carboxylic acids is 1. The highest BCUT2D eigenvalue weighted by Crippen LogP contribution is 2.10. The fourth-order valence-corrected chi connectivity index (χ4v) is 1.80. The zero-order valence-electron chi connectivity index (χ0n) is 11.8. The smallest absolute Gasteiger partial charge is 0.256 e. The van der Waals surface area contributed by atoms with Crippen molar-refractivity contribution >= 4 is 11.7 Å². The summed E-state index contributed by atoms with van der Waals surface area (Å²) >= 11 is 0. The second-order valence-electron chi connectivity index (χ2n) is 4.39. The van der Waals surface area contributed by atoms with Crippen molar-refractivity contribution in [1.29, 1.82) is 0 Å². The topological polar surface area (TPSA) is 62.2 Å². The summed E-state index contributed by atoms with van der Waals surface area (Å²) in [5, 5.41) is 11.4. The molecule has 1 amide bonds. The van der Waals surface area contributed by atoms with Gasteiger partial charge in [0.2, 0.25) is 0 Å². The van der Waals surface area contributed by atoms with Crippen molar-refractivity contribution in [3.63, 3.8) is 0 Å². The first-order valence-corrected chi connectivity index (χ1v) is 6.69. The SMILES string of the molecule is CCc1ccc(C(=O)Nc2cc(C#CCO)ccn2)cc1. The van der Waals surface area contributed by atoms with Crippen LogP contribution in [0.5, 0.6) is 0 Å². The Bertz CT molecular complexity index is 682. The molecule has 106 valence electrons. The van der Waals surface area contributed by atoms with Crippen LogP contribution < -0.4 is 5.32 Å². The first kappa shape index (κ1) is 14.8. The predicted molar refractivity (Wildman–Crippen MR) is 82.0 cm³/mol. The van der Waals surface area contributed by atoms with Gasteiger partial charge in [-0.25, -0.2) is 4.98 Å². The molecule has 0 saturated heterocycles. The molecular formula is C17H16N2O2. The van der Waals surface area contributed by atoms with Gasteiger partial charge < -0.3 is 10.4 Å². The van der Waals surface area contributed by atoms with Gasteiger partial charge in [-0.05, 0) is 36.2 Å². The van der Waals surface area contributed by atoms with Gasteiger partial charge in [0.15, 0.2) is 0 Å². The number of aliphatic hydroxyl groups excluding tert-OH is 1. The molecule has 1 aromatic heterocycles. The zero-order valence-corrected chi connectivity index (χ0v) is 11.8. The molecule has 4 nitrogen and oxygen atoms in total. The van der Waals surface area contributed by atoms with E-state index < -0.39 is 0 Å². The average molecular weight is 280 g/mol. The van der Waals surface area contributed by atoms with Crippen LogP contribution in [0.25, 0.3) is 0 Å². The Balaban J connectivity index is 2.11. The van der Waals surface area contributed by atoms with Crippen LogP contribution in [-0.2, 0) is 6.42 Å². The van der Waals surface area contributed by atoms with Crippen LogP contribution in [0.2, 0.25) is 0 Å². The Morgan fingerprint density at radius 2 is 2.05 bits per heavy atom. The van der Waals surface area contributed by atoms with Crippen molar-refractivity contribution in [2.24, 2.45) is 0 Å². The summed E-state index contributed by atoms with van der Waals surface area (Å²) in [7, 11) is 0. The van der Waals surface area contributed by atoms with Crippen molar-refractivity contribution in [2.75, 3.05) is 11.9 Å². The van der Waals surface area contributed by atoms with E-state index in [4.69, 9.17) is 5.11 Å². The fourth-order valence-electron chi connectivity index (χ4n) is 1.80. The minimum absolute atomic E-state index is 0.201. The van der Waals surface area contributed by atoms with Crippen molar-refractivity contribution in [3.05, 3.63) is 59.3 Å². The van der Waals surface area contributed by atoms with E-state index in [0.717, 1.165) is 6.42 Å². The number of rotatable bonds is 3. The monoisotopic (exact) mass is 280 g/mol. The Kier molecular flexibility index (Phi) is 5.08. The molecule has 0 fully saturated rings. The number of aromatic nitrogens is 1. The molecule has 0 aliphatic carbocycles.